The Balaban J connectivity index is 1.81. The van der Waals surface area contributed by atoms with Gasteiger partial charge in [-0.25, -0.2) is 9.97 Å². The van der Waals surface area contributed by atoms with E-state index in [0.29, 0.717) is 35.4 Å². The zero-order chi connectivity index (χ0) is 19.9. The van der Waals surface area contributed by atoms with Crippen molar-refractivity contribution in [3.05, 3.63) is 54.1 Å². The third kappa shape index (κ3) is 4.59. The van der Waals surface area contributed by atoms with E-state index >= 15 is 0 Å². The predicted molar refractivity (Wildman–Crippen MR) is 108 cm³/mol. The first-order valence-corrected chi connectivity index (χ1v) is 8.68. The van der Waals surface area contributed by atoms with Gasteiger partial charge < -0.3 is 24.8 Å². The summed E-state index contributed by atoms with van der Waals surface area (Å²) in [7, 11) is 4.73. The average molecular weight is 381 g/mol. The number of hydrogen-bond acceptors (Lipinski definition) is 8. The summed E-state index contributed by atoms with van der Waals surface area (Å²) in [6.07, 6.45) is 3.53. The maximum atomic E-state index is 5.40. The Morgan fingerprint density at radius 3 is 2.11 bits per heavy atom. The molecule has 2 N–H and O–H groups in total. The Kier molecular flexibility index (Phi) is 6.11. The van der Waals surface area contributed by atoms with E-state index < -0.39 is 0 Å². The van der Waals surface area contributed by atoms with Crippen LogP contribution >= 0.6 is 0 Å². The predicted octanol–water partition coefficient (Wildman–Crippen LogP) is 3.56. The highest BCUT2D eigenvalue weighted by Gasteiger charge is 2.14. The second-order valence-corrected chi connectivity index (χ2v) is 5.93. The van der Waals surface area contributed by atoms with Gasteiger partial charge in [-0.3, -0.25) is 4.98 Å². The quantitative estimate of drug-likeness (QED) is 0.612. The van der Waals surface area contributed by atoms with E-state index in [1.807, 2.05) is 37.3 Å². The van der Waals surface area contributed by atoms with Crippen molar-refractivity contribution in [3.8, 4) is 17.2 Å². The van der Waals surface area contributed by atoms with Crippen LogP contribution in [0, 0.1) is 6.92 Å². The summed E-state index contributed by atoms with van der Waals surface area (Å²) in [5.74, 6) is 3.68. The van der Waals surface area contributed by atoms with Crippen molar-refractivity contribution < 1.29 is 14.2 Å². The lowest BCUT2D eigenvalue weighted by molar-refractivity contribution is 0.324. The van der Waals surface area contributed by atoms with Crippen LogP contribution < -0.4 is 24.8 Å². The van der Waals surface area contributed by atoms with E-state index in [0.717, 1.165) is 17.1 Å². The Bertz CT molecular complexity index is 909. The number of aryl methyl sites for hydroxylation is 1. The Morgan fingerprint density at radius 1 is 0.857 bits per heavy atom. The molecular formula is C20H23N5O3. The minimum atomic E-state index is 0.536. The number of ether oxygens (including phenoxy) is 3. The molecule has 0 aliphatic rings. The van der Waals surface area contributed by atoms with Crippen LogP contribution in [-0.2, 0) is 6.54 Å². The molecule has 3 aromatic rings. The number of rotatable bonds is 8. The van der Waals surface area contributed by atoms with Gasteiger partial charge in [0.25, 0.3) is 0 Å². The van der Waals surface area contributed by atoms with Crippen molar-refractivity contribution in [2.45, 2.75) is 13.5 Å². The minimum Gasteiger partial charge on any atom is -0.493 e. The first kappa shape index (κ1) is 19.2. The zero-order valence-corrected chi connectivity index (χ0v) is 16.3. The maximum Gasteiger partial charge on any atom is 0.203 e. The van der Waals surface area contributed by atoms with Crippen LogP contribution in [0.2, 0.25) is 0 Å². The molecule has 2 aromatic heterocycles. The minimum absolute atomic E-state index is 0.536. The Hall–Kier alpha value is -3.55. The molecule has 1 aromatic carbocycles. The third-order valence-electron chi connectivity index (χ3n) is 4.00. The second kappa shape index (κ2) is 8.90. The molecule has 146 valence electrons. The molecule has 0 aliphatic carbocycles. The van der Waals surface area contributed by atoms with Crippen LogP contribution in [0.4, 0.5) is 17.3 Å². The number of methoxy groups -OCH3 is 3. The monoisotopic (exact) mass is 381 g/mol. The normalized spacial score (nSPS) is 10.3. The molecule has 0 spiro atoms. The van der Waals surface area contributed by atoms with E-state index in [4.69, 9.17) is 14.2 Å². The van der Waals surface area contributed by atoms with Gasteiger partial charge in [-0.2, -0.15) is 0 Å². The van der Waals surface area contributed by atoms with Gasteiger partial charge in [0, 0.05) is 42.8 Å². The smallest absolute Gasteiger partial charge is 0.203 e. The molecule has 28 heavy (non-hydrogen) atoms. The van der Waals surface area contributed by atoms with E-state index in [1.54, 1.807) is 33.7 Å². The number of benzene rings is 1. The first-order chi connectivity index (χ1) is 13.6. The maximum absolute atomic E-state index is 5.40. The molecular weight excluding hydrogens is 358 g/mol. The van der Waals surface area contributed by atoms with Gasteiger partial charge >= 0.3 is 0 Å². The lowest BCUT2D eigenvalue weighted by atomic mass is 10.2. The average Bonchev–Trinajstić information content (AvgIpc) is 2.71. The SMILES string of the molecule is COc1cc(Nc2cc(NCc3ccncc3)nc(C)n2)cc(OC)c1OC. The van der Waals surface area contributed by atoms with Crippen LogP contribution in [0.3, 0.4) is 0 Å². The van der Waals surface area contributed by atoms with Crippen LogP contribution in [0.15, 0.2) is 42.7 Å². The van der Waals surface area contributed by atoms with Crippen LogP contribution in [0.5, 0.6) is 17.2 Å². The second-order valence-electron chi connectivity index (χ2n) is 5.93. The van der Waals surface area contributed by atoms with Gasteiger partial charge in [-0.1, -0.05) is 0 Å². The van der Waals surface area contributed by atoms with Gasteiger partial charge in [-0.15, -0.1) is 0 Å². The summed E-state index contributed by atoms with van der Waals surface area (Å²) in [4.78, 5) is 12.9. The molecule has 0 amide bonds. The molecule has 2 heterocycles. The molecule has 0 atom stereocenters. The van der Waals surface area contributed by atoms with Gasteiger partial charge in [-0.05, 0) is 24.6 Å². The van der Waals surface area contributed by atoms with Crippen molar-refractivity contribution in [2.24, 2.45) is 0 Å². The van der Waals surface area contributed by atoms with Gasteiger partial charge in [0.15, 0.2) is 11.5 Å². The van der Waals surface area contributed by atoms with E-state index in [2.05, 4.69) is 25.6 Å². The van der Waals surface area contributed by atoms with Crippen molar-refractivity contribution in [3.63, 3.8) is 0 Å². The fraction of sp³-hybridized carbons (Fsp3) is 0.250. The molecule has 3 rings (SSSR count). The number of aromatic nitrogens is 3. The van der Waals surface area contributed by atoms with E-state index in [-0.39, 0.29) is 0 Å². The zero-order valence-electron chi connectivity index (χ0n) is 16.3. The number of hydrogen-bond donors (Lipinski definition) is 2. The standard InChI is InChI=1S/C20H23N5O3/c1-13-23-18(22-12-14-5-7-21-8-6-14)11-19(24-13)25-15-9-16(26-2)20(28-4)17(10-15)27-3/h5-11H,12H2,1-4H3,(H2,22,23,24,25). The topological polar surface area (TPSA) is 90.4 Å². The van der Waals surface area contributed by atoms with Crippen molar-refractivity contribution >= 4 is 17.3 Å². The molecule has 0 bridgehead atoms. The third-order valence-corrected chi connectivity index (χ3v) is 4.00. The molecule has 8 nitrogen and oxygen atoms in total. The van der Waals surface area contributed by atoms with E-state index in [1.165, 1.54) is 0 Å². The summed E-state index contributed by atoms with van der Waals surface area (Å²) in [5, 5.41) is 6.57. The largest absolute Gasteiger partial charge is 0.493 e. The lowest BCUT2D eigenvalue weighted by Crippen LogP contribution is -2.05. The van der Waals surface area contributed by atoms with Crippen molar-refractivity contribution in [1.29, 1.82) is 0 Å². The summed E-state index contributed by atoms with van der Waals surface area (Å²) in [5.41, 5.74) is 1.87. The van der Waals surface area contributed by atoms with Crippen molar-refractivity contribution in [2.75, 3.05) is 32.0 Å². The van der Waals surface area contributed by atoms with Crippen molar-refractivity contribution in [1.82, 2.24) is 15.0 Å². The lowest BCUT2D eigenvalue weighted by Gasteiger charge is -2.15. The molecule has 0 saturated carbocycles. The molecule has 0 aliphatic heterocycles. The highest BCUT2D eigenvalue weighted by Crippen LogP contribution is 2.40. The highest BCUT2D eigenvalue weighted by molar-refractivity contribution is 5.67. The molecule has 0 saturated heterocycles. The van der Waals surface area contributed by atoms with Crippen LogP contribution in [0.25, 0.3) is 0 Å². The first-order valence-electron chi connectivity index (χ1n) is 8.68. The van der Waals surface area contributed by atoms with Gasteiger partial charge in [0.05, 0.1) is 21.3 Å². The highest BCUT2D eigenvalue weighted by atomic mass is 16.5. The Labute approximate surface area is 163 Å². The summed E-state index contributed by atoms with van der Waals surface area (Å²) in [6.45, 7) is 2.49. The molecule has 0 radical (unpaired) electrons. The number of nitrogens with zero attached hydrogens (tertiary/aromatic N) is 3. The summed E-state index contributed by atoms with van der Waals surface area (Å²) < 4.78 is 16.2. The molecule has 0 fully saturated rings. The van der Waals surface area contributed by atoms with Gasteiger partial charge in [0.1, 0.15) is 17.5 Å². The fourth-order valence-corrected chi connectivity index (χ4v) is 2.72. The summed E-state index contributed by atoms with van der Waals surface area (Å²) >= 11 is 0. The number of nitrogens with one attached hydrogen (secondary N) is 2. The fourth-order valence-electron chi connectivity index (χ4n) is 2.72. The summed E-state index contributed by atoms with van der Waals surface area (Å²) in [6, 6.07) is 9.40. The molecule has 0 unspecified atom stereocenters. The molecule has 8 heteroatoms. The number of anilines is 3. The van der Waals surface area contributed by atoms with Crippen LogP contribution in [-0.4, -0.2) is 36.3 Å². The number of pyridine rings is 1. The van der Waals surface area contributed by atoms with E-state index in [9.17, 15) is 0 Å². The Morgan fingerprint density at radius 2 is 1.50 bits per heavy atom. The van der Waals surface area contributed by atoms with Gasteiger partial charge in [0.2, 0.25) is 5.75 Å². The van der Waals surface area contributed by atoms with Crippen LogP contribution in [0.1, 0.15) is 11.4 Å².